The maximum atomic E-state index is 12.6. The first-order valence-corrected chi connectivity index (χ1v) is 7.35. The Labute approximate surface area is 139 Å². The third kappa shape index (κ3) is 3.91. The maximum Gasteiger partial charge on any atom is 0.435 e. The summed E-state index contributed by atoms with van der Waals surface area (Å²) in [5.74, 6) is -0.380. The molecule has 0 radical (unpaired) electrons. The van der Waals surface area contributed by atoms with Crippen molar-refractivity contribution in [2.24, 2.45) is 0 Å². The number of nitrogens with zero attached hydrogens (tertiary/aromatic N) is 3. The van der Waals surface area contributed by atoms with Crippen molar-refractivity contribution < 1.29 is 18.0 Å². The highest BCUT2D eigenvalue weighted by Crippen LogP contribution is 2.30. The predicted molar refractivity (Wildman–Crippen MR) is 80.9 cm³/mol. The predicted octanol–water partition coefficient (Wildman–Crippen LogP) is 3.37. The summed E-state index contributed by atoms with van der Waals surface area (Å²) in [5.41, 5.74) is -1.17. The highest BCUT2D eigenvalue weighted by molar-refractivity contribution is 6.29. The van der Waals surface area contributed by atoms with Crippen LogP contribution in [0.1, 0.15) is 28.9 Å². The van der Waals surface area contributed by atoms with Crippen molar-refractivity contribution in [3.8, 4) is 0 Å². The number of anilines is 2. The van der Waals surface area contributed by atoms with E-state index in [1.807, 2.05) is 0 Å². The second kappa shape index (κ2) is 6.23. The summed E-state index contributed by atoms with van der Waals surface area (Å²) < 4.78 is 37.9. The molecule has 3 rings (SSSR count). The topological polar surface area (TPSA) is 79.8 Å². The number of amides is 1. The van der Waals surface area contributed by atoms with Crippen molar-refractivity contribution >= 4 is 29.0 Å². The van der Waals surface area contributed by atoms with Crippen LogP contribution in [0.15, 0.2) is 24.4 Å². The van der Waals surface area contributed by atoms with E-state index in [9.17, 15) is 18.0 Å². The average Bonchev–Trinajstić information content (AvgIpc) is 3.33. The zero-order valence-electron chi connectivity index (χ0n) is 12.1. The quantitative estimate of drug-likeness (QED) is 0.820. The molecule has 0 spiro atoms. The van der Waals surface area contributed by atoms with Crippen LogP contribution in [-0.2, 0) is 6.18 Å². The molecule has 1 fully saturated rings. The summed E-state index contributed by atoms with van der Waals surface area (Å²) in [4.78, 5) is 16.3. The number of aromatic nitrogens is 3. The number of halogens is 4. The molecule has 2 N–H and O–H groups in total. The van der Waals surface area contributed by atoms with Crippen molar-refractivity contribution in [2.75, 3.05) is 10.6 Å². The minimum atomic E-state index is -4.68. The monoisotopic (exact) mass is 357 g/mol. The van der Waals surface area contributed by atoms with Gasteiger partial charge < -0.3 is 10.6 Å². The summed E-state index contributed by atoms with van der Waals surface area (Å²) in [5, 5.41) is 12.1. The molecule has 2 aromatic heterocycles. The van der Waals surface area contributed by atoms with Gasteiger partial charge in [-0.3, -0.25) is 4.79 Å². The summed E-state index contributed by atoms with van der Waals surface area (Å²) in [6.45, 7) is 0. The Balaban J connectivity index is 1.82. The van der Waals surface area contributed by atoms with Gasteiger partial charge in [-0.15, -0.1) is 5.10 Å². The Morgan fingerprint density at radius 1 is 1.29 bits per heavy atom. The van der Waals surface area contributed by atoms with Gasteiger partial charge in [0.15, 0.2) is 11.5 Å². The van der Waals surface area contributed by atoms with Crippen LogP contribution in [0.2, 0.25) is 5.15 Å². The van der Waals surface area contributed by atoms with Crippen LogP contribution in [0.3, 0.4) is 0 Å². The van der Waals surface area contributed by atoms with Crippen molar-refractivity contribution in [1.82, 2.24) is 15.2 Å². The van der Waals surface area contributed by atoms with Crippen LogP contribution in [0.25, 0.3) is 0 Å². The molecule has 1 aliphatic rings. The fourth-order valence-corrected chi connectivity index (χ4v) is 2.04. The number of carbonyl (C=O) groups excluding carboxylic acids is 1. The Hall–Kier alpha value is -2.42. The first-order chi connectivity index (χ1) is 11.3. The molecule has 10 heteroatoms. The number of hydrogen-bond donors (Lipinski definition) is 2. The number of hydrogen-bond acceptors (Lipinski definition) is 5. The van der Waals surface area contributed by atoms with Gasteiger partial charge in [0.1, 0.15) is 5.15 Å². The number of carbonyl (C=O) groups is 1. The van der Waals surface area contributed by atoms with Gasteiger partial charge in [0.2, 0.25) is 0 Å². The molecule has 2 heterocycles. The van der Waals surface area contributed by atoms with E-state index < -0.39 is 17.8 Å². The van der Waals surface area contributed by atoms with Gasteiger partial charge in [-0.1, -0.05) is 11.6 Å². The first-order valence-electron chi connectivity index (χ1n) is 6.97. The Bertz CT molecular complexity index is 779. The molecule has 0 aliphatic heterocycles. The van der Waals surface area contributed by atoms with E-state index in [1.165, 1.54) is 12.1 Å². The molecule has 1 saturated carbocycles. The second-order valence-corrected chi connectivity index (χ2v) is 5.62. The van der Waals surface area contributed by atoms with Gasteiger partial charge in [0.05, 0.1) is 17.4 Å². The minimum absolute atomic E-state index is 0.237. The lowest BCUT2D eigenvalue weighted by Gasteiger charge is -2.12. The minimum Gasteiger partial charge on any atom is -0.366 e. The normalized spacial score (nSPS) is 14.3. The SMILES string of the molecule is O=C(Nc1ccc(Cl)nc1NC1CC1)c1cnnc(C(F)(F)F)c1. The summed E-state index contributed by atoms with van der Waals surface area (Å²) >= 11 is 5.84. The molecule has 0 atom stereocenters. The van der Waals surface area contributed by atoms with Crippen LogP contribution in [0, 0.1) is 0 Å². The molecule has 6 nitrogen and oxygen atoms in total. The van der Waals surface area contributed by atoms with Crippen LogP contribution in [-0.4, -0.2) is 27.1 Å². The molecule has 24 heavy (non-hydrogen) atoms. The Kier molecular flexibility index (Phi) is 4.27. The van der Waals surface area contributed by atoms with Crippen molar-refractivity contribution in [1.29, 1.82) is 0 Å². The van der Waals surface area contributed by atoms with E-state index in [2.05, 4.69) is 25.8 Å². The van der Waals surface area contributed by atoms with E-state index in [-0.39, 0.29) is 16.8 Å². The lowest BCUT2D eigenvalue weighted by Crippen LogP contribution is -2.17. The van der Waals surface area contributed by atoms with Crippen LogP contribution in [0.5, 0.6) is 0 Å². The van der Waals surface area contributed by atoms with Crippen LogP contribution >= 0.6 is 11.6 Å². The van der Waals surface area contributed by atoms with Gasteiger partial charge in [-0.25, -0.2) is 4.98 Å². The molecule has 0 unspecified atom stereocenters. The van der Waals surface area contributed by atoms with Crippen LogP contribution < -0.4 is 10.6 Å². The molecule has 2 aromatic rings. The lowest BCUT2D eigenvalue weighted by molar-refractivity contribution is -0.141. The highest BCUT2D eigenvalue weighted by Gasteiger charge is 2.34. The molecule has 0 saturated heterocycles. The van der Waals surface area contributed by atoms with E-state index in [1.54, 1.807) is 0 Å². The second-order valence-electron chi connectivity index (χ2n) is 5.23. The van der Waals surface area contributed by atoms with Gasteiger partial charge in [-0.05, 0) is 31.0 Å². The molecular formula is C14H11ClF3N5O. The zero-order chi connectivity index (χ0) is 17.3. The summed E-state index contributed by atoms with van der Waals surface area (Å²) in [6.07, 6.45) is -1.76. The number of rotatable bonds is 4. The van der Waals surface area contributed by atoms with Crippen molar-refractivity contribution in [3.63, 3.8) is 0 Å². The smallest absolute Gasteiger partial charge is 0.366 e. The summed E-state index contributed by atoms with van der Waals surface area (Å²) in [6, 6.07) is 3.89. The molecule has 126 valence electrons. The van der Waals surface area contributed by atoms with Crippen molar-refractivity contribution in [2.45, 2.75) is 25.1 Å². The third-order valence-electron chi connectivity index (χ3n) is 3.23. The maximum absolute atomic E-state index is 12.6. The molecule has 0 aromatic carbocycles. The Morgan fingerprint density at radius 2 is 2.04 bits per heavy atom. The standard InChI is InChI=1S/C14H11ClF3N5O/c15-11-4-3-9(12(22-11)20-8-1-2-8)21-13(24)7-5-10(14(16,17)18)23-19-6-7/h3-6,8H,1-2H2,(H,20,22)(H,21,24). The fraction of sp³-hybridized carbons (Fsp3) is 0.286. The van der Waals surface area contributed by atoms with E-state index >= 15 is 0 Å². The van der Waals surface area contributed by atoms with E-state index in [0.717, 1.165) is 19.0 Å². The zero-order valence-corrected chi connectivity index (χ0v) is 12.8. The Morgan fingerprint density at radius 3 is 2.71 bits per heavy atom. The largest absolute Gasteiger partial charge is 0.435 e. The molecular weight excluding hydrogens is 347 g/mol. The number of nitrogens with one attached hydrogen (secondary N) is 2. The molecule has 0 bridgehead atoms. The van der Waals surface area contributed by atoms with Crippen LogP contribution in [0.4, 0.5) is 24.7 Å². The lowest BCUT2D eigenvalue weighted by atomic mass is 10.2. The van der Waals surface area contributed by atoms with E-state index in [0.29, 0.717) is 17.6 Å². The van der Waals surface area contributed by atoms with Gasteiger partial charge in [0, 0.05) is 6.04 Å². The fourth-order valence-electron chi connectivity index (χ4n) is 1.89. The van der Waals surface area contributed by atoms with E-state index in [4.69, 9.17) is 11.6 Å². The number of alkyl halides is 3. The first kappa shape index (κ1) is 16.4. The summed E-state index contributed by atoms with van der Waals surface area (Å²) in [7, 11) is 0. The van der Waals surface area contributed by atoms with Crippen molar-refractivity contribution in [3.05, 3.63) is 40.8 Å². The molecule has 1 amide bonds. The average molecular weight is 358 g/mol. The molecule has 1 aliphatic carbocycles. The van der Waals surface area contributed by atoms with Gasteiger partial charge in [0.25, 0.3) is 5.91 Å². The third-order valence-corrected chi connectivity index (χ3v) is 3.45. The highest BCUT2D eigenvalue weighted by atomic mass is 35.5. The van der Waals surface area contributed by atoms with Gasteiger partial charge >= 0.3 is 6.18 Å². The number of pyridine rings is 1. The van der Waals surface area contributed by atoms with Gasteiger partial charge in [-0.2, -0.15) is 18.3 Å².